The molecule has 0 fully saturated rings. The molecule has 1 aliphatic heterocycles. The minimum atomic E-state index is 0. The molecule has 4 nitrogen and oxygen atoms in total. The molecule has 1 aliphatic rings. The highest BCUT2D eigenvalue weighted by Crippen LogP contribution is 2.33. The molecule has 0 radical (unpaired) electrons. The van der Waals surface area contributed by atoms with E-state index in [0.29, 0.717) is 5.56 Å². The molecular formula is C19H17ClN4. The van der Waals surface area contributed by atoms with E-state index in [1.54, 1.807) is 0 Å². The lowest BCUT2D eigenvalue weighted by Gasteiger charge is -2.20. The van der Waals surface area contributed by atoms with Crippen molar-refractivity contribution in [3.05, 3.63) is 64.5 Å². The summed E-state index contributed by atoms with van der Waals surface area (Å²) in [5.74, 6) is 0.776. The summed E-state index contributed by atoms with van der Waals surface area (Å²) < 4.78 is 0. The number of nitriles is 1. The van der Waals surface area contributed by atoms with Crippen molar-refractivity contribution < 1.29 is 0 Å². The first-order chi connectivity index (χ1) is 11.2. The molecule has 0 bridgehead atoms. The molecule has 2 aromatic heterocycles. The van der Waals surface area contributed by atoms with Crippen molar-refractivity contribution in [2.75, 3.05) is 4.90 Å². The van der Waals surface area contributed by atoms with Crippen LogP contribution in [0.25, 0.3) is 10.9 Å². The molecule has 5 heteroatoms. The Balaban J connectivity index is 0.00000169. The van der Waals surface area contributed by atoms with E-state index in [1.807, 2.05) is 44.3 Å². The Morgan fingerprint density at radius 3 is 2.67 bits per heavy atom. The molecule has 120 valence electrons. The molecule has 0 atom stereocenters. The van der Waals surface area contributed by atoms with Gasteiger partial charge in [-0.05, 0) is 42.7 Å². The zero-order valence-corrected chi connectivity index (χ0v) is 14.4. The van der Waals surface area contributed by atoms with Gasteiger partial charge in [0, 0.05) is 30.4 Å². The van der Waals surface area contributed by atoms with E-state index in [2.05, 4.69) is 22.0 Å². The van der Waals surface area contributed by atoms with Crippen LogP contribution in [0.1, 0.15) is 27.9 Å². The fourth-order valence-corrected chi connectivity index (χ4v) is 3.27. The first kappa shape index (κ1) is 16.2. The van der Waals surface area contributed by atoms with Crippen molar-refractivity contribution in [3.8, 4) is 6.07 Å². The second-order valence-corrected chi connectivity index (χ2v) is 6.01. The maximum Gasteiger partial charge on any atom is 0.148 e. The average molecular weight is 337 g/mol. The Kier molecular flexibility index (Phi) is 4.13. The third-order valence-electron chi connectivity index (χ3n) is 4.49. The summed E-state index contributed by atoms with van der Waals surface area (Å²) in [4.78, 5) is 11.3. The van der Waals surface area contributed by atoms with Crippen LogP contribution in [0.4, 0.5) is 5.82 Å². The molecule has 3 aromatic rings. The Bertz CT molecular complexity index is 975. The van der Waals surface area contributed by atoms with Crippen molar-refractivity contribution >= 4 is 29.1 Å². The number of nitrogens with zero attached hydrogens (tertiary/aromatic N) is 4. The van der Waals surface area contributed by atoms with E-state index in [-0.39, 0.29) is 12.4 Å². The predicted octanol–water partition coefficient (Wildman–Crippen LogP) is 4.06. The van der Waals surface area contributed by atoms with Crippen LogP contribution in [0, 0.1) is 25.2 Å². The number of pyridine rings is 2. The van der Waals surface area contributed by atoms with Gasteiger partial charge in [-0.1, -0.05) is 18.2 Å². The van der Waals surface area contributed by atoms with E-state index in [1.165, 1.54) is 11.1 Å². The van der Waals surface area contributed by atoms with Crippen molar-refractivity contribution in [2.45, 2.75) is 26.9 Å². The highest BCUT2D eigenvalue weighted by atomic mass is 35.5. The number of hydrogen-bond acceptors (Lipinski definition) is 4. The lowest BCUT2D eigenvalue weighted by atomic mass is 10.0. The van der Waals surface area contributed by atoms with Gasteiger partial charge in [-0.15, -0.1) is 12.4 Å². The van der Waals surface area contributed by atoms with Crippen LogP contribution >= 0.6 is 12.4 Å². The topological polar surface area (TPSA) is 52.8 Å². The zero-order chi connectivity index (χ0) is 16.0. The van der Waals surface area contributed by atoms with Crippen LogP contribution in [0.3, 0.4) is 0 Å². The van der Waals surface area contributed by atoms with Crippen LogP contribution < -0.4 is 4.90 Å². The molecule has 0 spiro atoms. The van der Waals surface area contributed by atoms with Gasteiger partial charge in [0.25, 0.3) is 0 Å². The molecule has 24 heavy (non-hydrogen) atoms. The second kappa shape index (κ2) is 6.10. The summed E-state index contributed by atoms with van der Waals surface area (Å²) in [5.41, 5.74) is 6.11. The monoisotopic (exact) mass is 336 g/mol. The standard InChI is InChI=1S/C19H16N4.ClH/c1-12-7-14-10-23(11-15(14)9-21-12)19-17(8-20)13(2)16-5-3-4-6-18(16)22-19;/h3-7,9H,10-11H2,1-2H3;1H. The van der Waals surface area contributed by atoms with E-state index < -0.39 is 0 Å². The number of halogens is 1. The van der Waals surface area contributed by atoms with Crippen LogP contribution in [0.2, 0.25) is 0 Å². The Morgan fingerprint density at radius 2 is 1.88 bits per heavy atom. The lowest BCUT2D eigenvalue weighted by molar-refractivity contribution is 0.857. The molecule has 4 rings (SSSR count). The summed E-state index contributed by atoms with van der Waals surface area (Å²) in [6.45, 7) is 5.53. The van der Waals surface area contributed by atoms with Gasteiger partial charge in [0.2, 0.25) is 0 Å². The molecule has 0 saturated carbocycles. The van der Waals surface area contributed by atoms with Crippen LogP contribution in [-0.4, -0.2) is 9.97 Å². The molecule has 0 N–H and O–H groups in total. The summed E-state index contributed by atoms with van der Waals surface area (Å²) >= 11 is 0. The lowest BCUT2D eigenvalue weighted by Crippen LogP contribution is -2.18. The normalized spacial score (nSPS) is 12.6. The largest absolute Gasteiger partial charge is 0.347 e. The molecule has 0 amide bonds. The van der Waals surface area contributed by atoms with E-state index in [4.69, 9.17) is 4.98 Å². The first-order valence-corrected chi connectivity index (χ1v) is 7.66. The smallest absolute Gasteiger partial charge is 0.148 e. The predicted molar refractivity (Wildman–Crippen MR) is 97.3 cm³/mol. The van der Waals surface area contributed by atoms with Crippen LogP contribution in [0.15, 0.2) is 36.5 Å². The highest BCUT2D eigenvalue weighted by molar-refractivity contribution is 5.87. The first-order valence-electron chi connectivity index (χ1n) is 7.66. The third-order valence-corrected chi connectivity index (χ3v) is 4.49. The Labute approximate surface area is 147 Å². The molecule has 1 aromatic carbocycles. The fraction of sp³-hybridized carbons (Fsp3) is 0.211. The van der Waals surface area contributed by atoms with Gasteiger partial charge < -0.3 is 4.90 Å². The summed E-state index contributed by atoms with van der Waals surface area (Å²) in [6, 6.07) is 12.5. The van der Waals surface area contributed by atoms with Gasteiger partial charge >= 0.3 is 0 Å². The number of aryl methyl sites for hydroxylation is 2. The van der Waals surface area contributed by atoms with Crippen molar-refractivity contribution in [3.63, 3.8) is 0 Å². The molecule has 0 aliphatic carbocycles. The molecular weight excluding hydrogens is 320 g/mol. The van der Waals surface area contributed by atoms with Crippen molar-refractivity contribution in [1.82, 2.24) is 9.97 Å². The van der Waals surface area contributed by atoms with Crippen LogP contribution in [0.5, 0.6) is 0 Å². The maximum absolute atomic E-state index is 9.65. The summed E-state index contributed by atoms with van der Waals surface area (Å²) in [5, 5.41) is 10.7. The minimum Gasteiger partial charge on any atom is -0.347 e. The van der Waals surface area contributed by atoms with E-state index >= 15 is 0 Å². The van der Waals surface area contributed by atoms with Crippen LogP contribution in [-0.2, 0) is 13.1 Å². The van der Waals surface area contributed by atoms with Gasteiger partial charge in [0.15, 0.2) is 0 Å². The number of anilines is 1. The second-order valence-electron chi connectivity index (χ2n) is 6.01. The Morgan fingerprint density at radius 1 is 1.12 bits per heavy atom. The zero-order valence-electron chi connectivity index (χ0n) is 13.6. The fourth-order valence-electron chi connectivity index (χ4n) is 3.27. The number of benzene rings is 1. The average Bonchev–Trinajstić information content (AvgIpc) is 2.97. The number of hydrogen-bond donors (Lipinski definition) is 0. The minimum absolute atomic E-state index is 0. The van der Waals surface area contributed by atoms with Gasteiger partial charge in [0.1, 0.15) is 11.9 Å². The van der Waals surface area contributed by atoms with Gasteiger partial charge in [-0.2, -0.15) is 5.26 Å². The maximum atomic E-state index is 9.65. The van der Waals surface area contributed by atoms with E-state index in [0.717, 1.165) is 41.1 Å². The number of rotatable bonds is 1. The SMILES string of the molecule is Cc1cc2c(cn1)CN(c1nc3ccccc3c(C)c1C#N)C2.Cl. The van der Waals surface area contributed by atoms with Gasteiger partial charge in [-0.3, -0.25) is 4.98 Å². The molecule has 3 heterocycles. The summed E-state index contributed by atoms with van der Waals surface area (Å²) in [7, 11) is 0. The number of aromatic nitrogens is 2. The number of para-hydroxylation sites is 1. The Hall–Kier alpha value is -2.64. The van der Waals surface area contributed by atoms with Gasteiger partial charge in [-0.25, -0.2) is 4.98 Å². The van der Waals surface area contributed by atoms with Crippen molar-refractivity contribution in [2.24, 2.45) is 0 Å². The van der Waals surface area contributed by atoms with E-state index in [9.17, 15) is 5.26 Å². The quantitative estimate of drug-likeness (QED) is 0.672. The summed E-state index contributed by atoms with van der Waals surface area (Å²) in [6.07, 6.45) is 1.94. The van der Waals surface area contributed by atoms with Gasteiger partial charge in [0.05, 0.1) is 11.1 Å². The third kappa shape index (κ3) is 2.47. The number of fused-ring (bicyclic) bond motifs is 2. The van der Waals surface area contributed by atoms with Crippen molar-refractivity contribution in [1.29, 1.82) is 5.26 Å². The highest BCUT2D eigenvalue weighted by Gasteiger charge is 2.24. The molecule has 0 saturated heterocycles. The molecule has 0 unspecified atom stereocenters.